The Morgan fingerprint density at radius 1 is 1.47 bits per heavy atom. The lowest BCUT2D eigenvalue weighted by atomic mass is 9.92. The number of nitrogens with one attached hydrogen (secondary N) is 1. The van der Waals surface area contributed by atoms with Crippen LogP contribution in [-0.4, -0.2) is 6.04 Å². The number of rotatable bonds is 4. The first kappa shape index (κ1) is 11.0. The molecular weight excluding hydrogens is 208 g/mol. The topological polar surface area (TPSA) is 38.0 Å². The van der Waals surface area contributed by atoms with Crippen molar-refractivity contribution in [2.24, 2.45) is 17.7 Å². The molecule has 0 aromatic heterocycles. The fourth-order valence-electron chi connectivity index (χ4n) is 3.68. The molecule has 0 heterocycles. The van der Waals surface area contributed by atoms with E-state index in [1.165, 1.54) is 12.8 Å². The molecule has 0 aliphatic heterocycles. The van der Waals surface area contributed by atoms with Gasteiger partial charge in [0.05, 0.1) is 0 Å². The van der Waals surface area contributed by atoms with Gasteiger partial charge in [-0.15, -0.1) is 6.58 Å². The van der Waals surface area contributed by atoms with Crippen molar-refractivity contribution in [3.8, 4) is 0 Å². The molecule has 1 aromatic carbocycles. The average molecular weight is 228 g/mol. The number of benzene rings is 1. The van der Waals surface area contributed by atoms with Gasteiger partial charge in [-0.2, -0.15) is 0 Å². The van der Waals surface area contributed by atoms with Crippen molar-refractivity contribution >= 4 is 0 Å². The second-order valence-electron chi connectivity index (χ2n) is 5.30. The molecule has 0 saturated heterocycles. The third kappa shape index (κ3) is 1.72. The minimum absolute atomic E-state index is 0.397. The summed E-state index contributed by atoms with van der Waals surface area (Å²) in [6.45, 7) is 3.82. The van der Waals surface area contributed by atoms with Crippen molar-refractivity contribution < 1.29 is 0 Å². The molecule has 4 unspecified atom stereocenters. The van der Waals surface area contributed by atoms with Crippen molar-refractivity contribution in [2.45, 2.75) is 31.2 Å². The summed E-state index contributed by atoms with van der Waals surface area (Å²) in [6, 6.07) is 9.29. The lowest BCUT2D eigenvalue weighted by Crippen LogP contribution is -2.37. The Hall–Kier alpha value is -1.12. The Labute approximate surface area is 103 Å². The second-order valence-corrected chi connectivity index (χ2v) is 5.30. The highest BCUT2D eigenvalue weighted by Crippen LogP contribution is 2.61. The molecule has 3 rings (SSSR count). The van der Waals surface area contributed by atoms with Gasteiger partial charge in [-0.3, -0.25) is 11.3 Å². The molecule has 1 fully saturated rings. The maximum absolute atomic E-state index is 5.68. The summed E-state index contributed by atoms with van der Waals surface area (Å²) >= 11 is 0. The lowest BCUT2D eigenvalue weighted by Gasteiger charge is -2.14. The zero-order chi connectivity index (χ0) is 11.8. The summed E-state index contributed by atoms with van der Waals surface area (Å²) in [4.78, 5) is 0. The SMILES string of the molecule is C=CCC(NN)C1C2CCc3ccccc3C21. The highest BCUT2D eigenvalue weighted by Gasteiger charge is 2.55. The van der Waals surface area contributed by atoms with Crippen LogP contribution < -0.4 is 11.3 Å². The minimum Gasteiger partial charge on any atom is -0.271 e. The van der Waals surface area contributed by atoms with Gasteiger partial charge in [0.25, 0.3) is 0 Å². The van der Waals surface area contributed by atoms with Crippen LogP contribution in [0.5, 0.6) is 0 Å². The third-order valence-corrected chi connectivity index (χ3v) is 4.49. The van der Waals surface area contributed by atoms with E-state index in [1.54, 1.807) is 11.1 Å². The average Bonchev–Trinajstić information content (AvgIpc) is 3.10. The summed E-state index contributed by atoms with van der Waals surface area (Å²) in [6.07, 6.45) is 5.50. The van der Waals surface area contributed by atoms with E-state index in [9.17, 15) is 0 Å². The van der Waals surface area contributed by atoms with Crippen molar-refractivity contribution in [1.82, 2.24) is 5.43 Å². The molecule has 17 heavy (non-hydrogen) atoms. The van der Waals surface area contributed by atoms with E-state index in [1.807, 2.05) is 6.08 Å². The molecule has 2 heteroatoms. The number of hydrogen-bond donors (Lipinski definition) is 2. The van der Waals surface area contributed by atoms with Gasteiger partial charge < -0.3 is 0 Å². The van der Waals surface area contributed by atoms with E-state index >= 15 is 0 Å². The summed E-state index contributed by atoms with van der Waals surface area (Å²) in [5.41, 5.74) is 6.10. The van der Waals surface area contributed by atoms with Gasteiger partial charge in [0, 0.05) is 6.04 Å². The molecule has 0 bridgehead atoms. The maximum atomic E-state index is 5.68. The predicted molar refractivity (Wildman–Crippen MR) is 70.4 cm³/mol. The summed E-state index contributed by atoms with van der Waals surface area (Å²) < 4.78 is 0. The first-order valence-corrected chi connectivity index (χ1v) is 6.51. The van der Waals surface area contributed by atoms with Crippen molar-refractivity contribution in [1.29, 1.82) is 0 Å². The molecule has 0 amide bonds. The summed E-state index contributed by atoms with van der Waals surface area (Å²) in [5.74, 6) is 7.96. The zero-order valence-electron chi connectivity index (χ0n) is 10.1. The van der Waals surface area contributed by atoms with Crippen LogP contribution in [0, 0.1) is 11.8 Å². The van der Waals surface area contributed by atoms with Gasteiger partial charge in [0.2, 0.25) is 0 Å². The Bertz CT molecular complexity index is 427. The molecule has 2 nitrogen and oxygen atoms in total. The van der Waals surface area contributed by atoms with Gasteiger partial charge in [-0.25, -0.2) is 0 Å². The van der Waals surface area contributed by atoms with E-state index in [0.29, 0.717) is 12.0 Å². The summed E-state index contributed by atoms with van der Waals surface area (Å²) in [5, 5.41) is 0. The smallest absolute Gasteiger partial charge is 0.0281 e. The predicted octanol–water partition coefficient (Wildman–Crippen LogP) is 2.37. The van der Waals surface area contributed by atoms with Crippen LogP contribution >= 0.6 is 0 Å². The maximum Gasteiger partial charge on any atom is 0.0281 e. The molecule has 0 spiro atoms. The zero-order valence-corrected chi connectivity index (χ0v) is 10.1. The van der Waals surface area contributed by atoms with Crippen LogP contribution in [0.2, 0.25) is 0 Å². The first-order chi connectivity index (χ1) is 8.36. The van der Waals surface area contributed by atoms with Crippen LogP contribution in [0.15, 0.2) is 36.9 Å². The van der Waals surface area contributed by atoms with Gasteiger partial charge >= 0.3 is 0 Å². The number of nitrogens with two attached hydrogens (primary N) is 1. The first-order valence-electron chi connectivity index (χ1n) is 6.51. The Kier molecular flexibility index (Phi) is 2.77. The normalized spacial score (nSPS) is 31.2. The second kappa shape index (κ2) is 4.28. The lowest BCUT2D eigenvalue weighted by molar-refractivity contribution is 0.447. The molecular formula is C15H20N2. The molecule has 2 aliphatic rings. The van der Waals surface area contributed by atoms with Crippen LogP contribution in [0.3, 0.4) is 0 Å². The van der Waals surface area contributed by atoms with E-state index in [2.05, 4.69) is 36.3 Å². The molecule has 3 N–H and O–H groups in total. The van der Waals surface area contributed by atoms with E-state index in [0.717, 1.165) is 18.3 Å². The van der Waals surface area contributed by atoms with Gasteiger partial charge in [0.15, 0.2) is 0 Å². The van der Waals surface area contributed by atoms with Gasteiger partial charge in [-0.05, 0) is 48.1 Å². The quantitative estimate of drug-likeness (QED) is 0.472. The Morgan fingerprint density at radius 3 is 3.06 bits per heavy atom. The number of hydrogen-bond acceptors (Lipinski definition) is 2. The van der Waals surface area contributed by atoms with Crippen molar-refractivity contribution in [2.75, 3.05) is 0 Å². The van der Waals surface area contributed by atoms with E-state index < -0.39 is 0 Å². The van der Waals surface area contributed by atoms with Crippen LogP contribution in [0.1, 0.15) is 29.9 Å². The monoisotopic (exact) mass is 228 g/mol. The molecule has 2 aliphatic carbocycles. The number of aryl methyl sites for hydroxylation is 1. The third-order valence-electron chi connectivity index (χ3n) is 4.49. The highest BCUT2D eigenvalue weighted by atomic mass is 15.2. The van der Waals surface area contributed by atoms with Crippen molar-refractivity contribution in [3.63, 3.8) is 0 Å². The van der Waals surface area contributed by atoms with E-state index in [4.69, 9.17) is 5.84 Å². The molecule has 0 radical (unpaired) electrons. The Morgan fingerprint density at radius 2 is 2.29 bits per heavy atom. The highest BCUT2D eigenvalue weighted by molar-refractivity contribution is 5.40. The molecule has 1 aromatic rings. The standard InChI is InChI=1S/C15H20N2/c1-2-5-13(17-16)15-12-9-8-10-6-3-4-7-11(10)14(12)15/h2-4,6-7,12-15,17H,1,5,8-9,16H2. The largest absolute Gasteiger partial charge is 0.271 e. The van der Waals surface area contributed by atoms with Crippen LogP contribution in [0.25, 0.3) is 0 Å². The van der Waals surface area contributed by atoms with E-state index in [-0.39, 0.29) is 0 Å². The number of hydrazine groups is 1. The van der Waals surface area contributed by atoms with Crippen molar-refractivity contribution in [3.05, 3.63) is 48.0 Å². The van der Waals surface area contributed by atoms with Crippen LogP contribution in [-0.2, 0) is 6.42 Å². The summed E-state index contributed by atoms with van der Waals surface area (Å²) in [7, 11) is 0. The Balaban J connectivity index is 1.84. The van der Waals surface area contributed by atoms with Gasteiger partial charge in [0.1, 0.15) is 0 Å². The number of fused-ring (bicyclic) bond motifs is 3. The fourth-order valence-corrected chi connectivity index (χ4v) is 3.68. The molecule has 1 saturated carbocycles. The minimum atomic E-state index is 0.397. The van der Waals surface area contributed by atoms with Gasteiger partial charge in [-0.1, -0.05) is 30.3 Å². The molecule has 4 atom stereocenters. The molecule has 90 valence electrons. The fraction of sp³-hybridized carbons (Fsp3) is 0.467. The van der Waals surface area contributed by atoms with Crippen LogP contribution in [0.4, 0.5) is 0 Å².